The van der Waals surface area contributed by atoms with E-state index in [1.165, 1.54) is 12.0 Å². The largest absolute Gasteiger partial charge is 0.392 e. The summed E-state index contributed by atoms with van der Waals surface area (Å²) in [5.41, 5.74) is 6.51. The number of thiocarbonyl (C=S) groups is 1. The Balaban J connectivity index is 1.91. The summed E-state index contributed by atoms with van der Waals surface area (Å²) >= 11 is 6.83. The van der Waals surface area contributed by atoms with Crippen LogP contribution in [0.5, 0.6) is 0 Å². The van der Waals surface area contributed by atoms with Gasteiger partial charge in [-0.05, 0) is 41.7 Å². The quantitative estimate of drug-likeness (QED) is 0.821. The maximum Gasteiger partial charge on any atom is 0.233 e. The predicted molar refractivity (Wildman–Crippen MR) is 83.3 cm³/mol. The van der Waals surface area contributed by atoms with Crippen LogP contribution in [0.4, 0.5) is 0 Å². The minimum Gasteiger partial charge on any atom is -0.392 e. The van der Waals surface area contributed by atoms with Gasteiger partial charge in [-0.15, -0.1) is 0 Å². The molecule has 3 nitrogen and oxygen atoms in total. The Kier molecular flexibility index (Phi) is 4.93. The number of nitrogens with two attached hydrogens (primary N) is 1. The van der Waals surface area contributed by atoms with E-state index >= 15 is 0 Å². The van der Waals surface area contributed by atoms with Gasteiger partial charge in [-0.3, -0.25) is 4.79 Å². The molecule has 1 heterocycles. The fourth-order valence-electron chi connectivity index (χ4n) is 2.67. The number of rotatable bonds is 5. The Morgan fingerprint density at radius 2 is 2.16 bits per heavy atom. The Bertz CT molecular complexity index is 436. The minimum absolute atomic E-state index is 0.0231. The lowest BCUT2D eigenvalue weighted by atomic mass is 9.73. The lowest BCUT2D eigenvalue weighted by molar-refractivity contribution is -0.128. The Hall–Kier alpha value is -0.940. The van der Waals surface area contributed by atoms with Gasteiger partial charge in [0, 0.05) is 6.54 Å². The molecule has 1 amide bonds. The van der Waals surface area contributed by atoms with E-state index in [4.69, 9.17) is 18.0 Å². The molecule has 1 aliphatic rings. The average Bonchev–Trinajstić information content (AvgIpc) is 2.92. The number of carbonyl (C=O) groups excluding carboxylic acids is 1. The summed E-state index contributed by atoms with van der Waals surface area (Å²) in [6.07, 6.45) is 5.71. The molecule has 0 aromatic carbocycles. The van der Waals surface area contributed by atoms with E-state index in [-0.39, 0.29) is 5.91 Å². The third kappa shape index (κ3) is 3.34. The van der Waals surface area contributed by atoms with Crippen LogP contribution >= 0.6 is 23.6 Å². The second-order valence-electron chi connectivity index (χ2n) is 5.14. The van der Waals surface area contributed by atoms with Gasteiger partial charge in [0.05, 0.1) is 10.4 Å². The first-order chi connectivity index (χ1) is 9.15. The van der Waals surface area contributed by atoms with Gasteiger partial charge in [0.15, 0.2) is 0 Å². The molecule has 0 aliphatic heterocycles. The van der Waals surface area contributed by atoms with Crippen molar-refractivity contribution in [3.63, 3.8) is 0 Å². The van der Waals surface area contributed by atoms with Crippen molar-refractivity contribution in [3.05, 3.63) is 22.4 Å². The number of amides is 1. The summed E-state index contributed by atoms with van der Waals surface area (Å²) in [5.74, 6) is 0.0231. The number of carbonyl (C=O) groups is 1. The molecule has 1 aromatic heterocycles. The molecule has 104 valence electrons. The smallest absolute Gasteiger partial charge is 0.233 e. The molecular weight excluding hydrogens is 276 g/mol. The molecule has 1 aliphatic carbocycles. The first-order valence-electron chi connectivity index (χ1n) is 6.74. The van der Waals surface area contributed by atoms with E-state index in [1.54, 1.807) is 11.3 Å². The van der Waals surface area contributed by atoms with Gasteiger partial charge in [-0.25, -0.2) is 0 Å². The molecule has 0 atom stereocenters. The van der Waals surface area contributed by atoms with Gasteiger partial charge in [0.25, 0.3) is 0 Å². The van der Waals surface area contributed by atoms with Gasteiger partial charge in [-0.2, -0.15) is 11.3 Å². The van der Waals surface area contributed by atoms with Crippen molar-refractivity contribution in [2.24, 2.45) is 11.1 Å². The molecule has 2 rings (SSSR count). The lowest BCUT2D eigenvalue weighted by Gasteiger charge is -2.34. The molecule has 0 bridgehead atoms. The lowest BCUT2D eigenvalue weighted by Crippen LogP contribution is -2.50. The molecule has 0 saturated heterocycles. The summed E-state index contributed by atoms with van der Waals surface area (Å²) in [6.45, 7) is 0.653. The SMILES string of the molecule is NC(=S)C1(C(=O)NCCc2ccsc2)CCCCC1. The summed E-state index contributed by atoms with van der Waals surface area (Å²) < 4.78 is 0. The Morgan fingerprint density at radius 1 is 1.42 bits per heavy atom. The summed E-state index contributed by atoms with van der Waals surface area (Å²) in [6, 6.07) is 2.08. The highest BCUT2D eigenvalue weighted by Crippen LogP contribution is 2.36. The molecule has 0 radical (unpaired) electrons. The van der Waals surface area contributed by atoms with Crippen LogP contribution in [-0.4, -0.2) is 17.4 Å². The van der Waals surface area contributed by atoms with Gasteiger partial charge in [-0.1, -0.05) is 31.5 Å². The standard InChI is InChI=1S/C14H20N2OS2/c15-12(18)14(6-2-1-3-7-14)13(17)16-8-4-11-5-9-19-10-11/h5,9-10H,1-4,6-8H2,(H2,15,18)(H,16,17). The Labute approximate surface area is 123 Å². The first-order valence-corrected chi connectivity index (χ1v) is 8.09. The van der Waals surface area contributed by atoms with Crippen molar-refractivity contribution in [2.45, 2.75) is 38.5 Å². The normalized spacial score (nSPS) is 17.9. The van der Waals surface area contributed by atoms with Crippen LogP contribution < -0.4 is 11.1 Å². The van der Waals surface area contributed by atoms with E-state index in [1.807, 2.05) is 0 Å². The van der Waals surface area contributed by atoms with Crippen molar-refractivity contribution < 1.29 is 4.79 Å². The zero-order valence-electron chi connectivity index (χ0n) is 11.0. The van der Waals surface area contributed by atoms with Crippen LogP contribution in [0.15, 0.2) is 16.8 Å². The van der Waals surface area contributed by atoms with Gasteiger partial charge in [0.1, 0.15) is 0 Å². The van der Waals surface area contributed by atoms with Crippen molar-refractivity contribution >= 4 is 34.5 Å². The molecule has 5 heteroatoms. The molecule has 0 spiro atoms. The van der Waals surface area contributed by atoms with E-state index in [0.717, 1.165) is 32.1 Å². The predicted octanol–water partition coefficient (Wildman–Crippen LogP) is 2.64. The van der Waals surface area contributed by atoms with Crippen LogP contribution in [0.2, 0.25) is 0 Å². The molecular formula is C14H20N2OS2. The fraction of sp³-hybridized carbons (Fsp3) is 0.571. The Morgan fingerprint density at radius 3 is 2.74 bits per heavy atom. The highest BCUT2D eigenvalue weighted by Gasteiger charge is 2.41. The van der Waals surface area contributed by atoms with E-state index in [0.29, 0.717) is 11.5 Å². The van der Waals surface area contributed by atoms with Gasteiger partial charge >= 0.3 is 0 Å². The van der Waals surface area contributed by atoms with Crippen LogP contribution in [0, 0.1) is 5.41 Å². The maximum atomic E-state index is 12.4. The summed E-state index contributed by atoms with van der Waals surface area (Å²) in [5, 5.41) is 7.17. The second-order valence-corrected chi connectivity index (χ2v) is 6.36. The molecule has 1 fully saturated rings. The average molecular weight is 296 g/mol. The zero-order chi connectivity index (χ0) is 13.7. The molecule has 1 aromatic rings. The van der Waals surface area contributed by atoms with Crippen LogP contribution in [0.3, 0.4) is 0 Å². The molecule has 0 unspecified atom stereocenters. The molecule has 3 N–H and O–H groups in total. The van der Waals surface area contributed by atoms with Crippen molar-refractivity contribution in [2.75, 3.05) is 6.54 Å². The van der Waals surface area contributed by atoms with Crippen molar-refractivity contribution in [1.29, 1.82) is 0 Å². The van der Waals surface area contributed by atoms with Gasteiger partial charge < -0.3 is 11.1 Å². The fourth-order valence-corrected chi connectivity index (χ4v) is 3.67. The maximum absolute atomic E-state index is 12.4. The second kappa shape index (κ2) is 6.48. The van der Waals surface area contributed by atoms with Gasteiger partial charge in [0.2, 0.25) is 5.91 Å². The third-order valence-electron chi connectivity index (χ3n) is 3.89. The number of hydrogen-bond donors (Lipinski definition) is 2. The number of thiophene rings is 1. The van der Waals surface area contributed by atoms with E-state index in [2.05, 4.69) is 22.1 Å². The highest BCUT2D eigenvalue weighted by atomic mass is 32.1. The van der Waals surface area contributed by atoms with Crippen LogP contribution in [-0.2, 0) is 11.2 Å². The van der Waals surface area contributed by atoms with Crippen molar-refractivity contribution in [3.8, 4) is 0 Å². The summed E-state index contributed by atoms with van der Waals surface area (Å²) in [7, 11) is 0. The van der Waals surface area contributed by atoms with Crippen molar-refractivity contribution in [1.82, 2.24) is 5.32 Å². The van der Waals surface area contributed by atoms with E-state index in [9.17, 15) is 4.79 Å². The monoisotopic (exact) mass is 296 g/mol. The topological polar surface area (TPSA) is 55.1 Å². The number of nitrogens with one attached hydrogen (secondary N) is 1. The minimum atomic E-state index is -0.595. The van der Waals surface area contributed by atoms with Crippen LogP contribution in [0.1, 0.15) is 37.7 Å². The number of hydrogen-bond acceptors (Lipinski definition) is 3. The third-order valence-corrected chi connectivity index (χ3v) is 5.02. The van der Waals surface area contributed by atoms with Crippen LogP contribution in [0.25, 0.3) is 0 Å². The molecule has 1 saturated carbocycles. The zero-order valence-corrected chi connectivity index (χ0v) is 12.6. The first kappa shape index (κ1) is 14.5. The highest BCUT2D eigenvalue weighted by molar-refractivity contribution is 7.80. The van der Waals surface area contributed by atoms with E-state index < -0.39 is 5.41 Å². The summed E-state index contributed by atoms with van der Waals surface area (Å²) in [4.78, 5) is 12.8. The molecule has 19 heavy (non-hydrogen) atoms.